The van der Waals surface area contributed by atoms with Gasteiger partial charge < -0.3 is 5.32 Å². The van der Waals surface area contributed by atoms with Crippen LogP contribution in [0.2, 0.25) is 10.0 Å². The molecular formula is C30H30Cl2N4O. The van der Waals surface area contributed by atoms with Gasteiger partial charge in [0.25, 0.3) is 5.56 Å². The highest BCUT2D eigenvalue weighted by molar-refractivity contribution is 6.31. The number of fused-ring (bicyclic) bond motifs is 1. The molecule has 190 valence electrons. The van der Waals surface area contributed by atoms with Crippen LogP contribution in [0.25, 0.3) is 10.9 Å². The third kappa shape index (κ3) is 5.03. The molecule has 2 unspecified atom stereocenters. The van der Waals surface area contributed by atoms with E-state index in [4.69, 9.17) is 33.2 Å². The Hall–Kier alpha value is -3.15. The maximum absolute atomic E-state index is 13.9. The number of hydrogen-bond donors (Lipinski definition) is 1. The first-order chi connectivity index (χ1) is 17.6. The molecule has 0 fully saturated rings. The Morgan fingerprint density at radius 1 is 0.973 bits per heavy atom. The molecule has 2 heterocycles. The van der Waals surface area contributed by atoms with Gasteiger partial charge in [-0.2, -0.15) is 0 Å². The van der Waals surface area contributed by atoms with E-state index in [9.17, 15) is 4.79 Å². The standard InChI is InChI=1S/C30H30Cl2N4O/c1-18(2)25(26-30(3,4)35-27(34-26)20-11-8-12-21(31)15-20)28-33-24-16-22(32)13-14-23(24)29(37)36(28)17-19-9-6-5-7-10-19/h5-16,18,25-26H,17H2,1-4H3,(H,34,35). The Bertz CT molecular complexity index is 1540. The van der Waals surface area contributed by atoms with Crippen LogP contribution in [0.4, 0.5) is 0 Å². The van der Waals surface area contributed by atoms with E-state index < -0.39 is 0 Å². The first kappa shape index (κ1) is 25.5. The SMILES string of the molecule is CC(C)C(c1nc2cc(Cl)ccc2c(=O)n1Cc1ccccc1)C1N=C(c2cccc(Cl)c2)NC1(C)C. The summed E-state index contributed by atoms with van der Waals surface area (Å²) < 4.78 is 1.82. The van der Waals surface area contributed by atoms with Gasteiger partial charge in [-0.1, -0.05) is 79.5 Å². The topological polar surface area (TPSA) is 59.3 Å². The zero-order chi connectivity index (χ0) is 26.3. The van der Waals surface area contributed by atoms with Crippen LogP contribution in [0.15, 0.2) is 82.6 Å². The van der Waals surface area contributed by atoms with Crippen LogP contribution < -0.4 is 10.9 Å². The quantitative estimate of drug-likeness (QED) is 0.301. The lowest BCUT2D eigenvalue weighted by atomic mass is 9.78. The van der Waals surface area contributed by atoms with Crippen LogP contribution in [0, 0.1) is 5.92 Å². The highest BCUT2D eigenvalue weighted by Gasteiger charge is 2.44. The van der Waals surface area contributed by atoms with Crippen molar-refractivity contribution in [3.8, 4) is 0 Å². The summed E-state index contributed by atoms with van der Waals surface area (Å²) in [6.07, 6.45) is 0. The Morgan fingerprint density at radius 3 is 2.41 bits per heavy atom. The summed E-state index contributed by atoms with van der Waals surface area (Å²) in [5.74, 6) is 1.52. The molecular weight excluding hydrogens is 503 g/mol. The molecule has 0 aliphatic carbocycles. The number of rotatable bonds is 6. The third-order valence-electron chi connectivity index (χ3n) is 7.03. The second kappa shape index (κ2) is 9.96. The Labute approximate surface area is 227 Å². The van der Waals surface area contributed by atoms with Crippen molar-refractivity contribution in [3.63, 3.8) is 0 Å². The average Bonchev–Trinajstić information content (AvgIpc) is 3.16. The maximum Gasteiger partial charge on any atom is 0.261 e. The molecule has 5 rings (SSSR count). The Morgan fingerprint density at radius 2 is 1.70 bits per heavy atom. The minimum Gasteiger partial charge on any atom is -0.363 e. The molecule has 4 aromatic rings. The van der Waals surface area contributed by atoms with Gasteiger partial charge in [0.05, 0.1) is 29.0 Å². The highest BCUT2D eigenvalue weighted by Crippen LogP contribution is 2.38. The number of aliphatic imine (C=N–C) groups is 1. The Balaban J connectivity index is 1.71. The summed E-state index contributed by atoms with van der Waals surface area (Å²) in [7, 11) is 0. The lowest BCUT2D eigenvalue weighted by Crippen LogP contribution is -2.49. The van der Waals surface area contributed by atoms with Gasteiger partial charge in [0.2, 0.25) is 0 Å². The van der Waals surface area contributed by atoms with E-state index in [1.807, 2.05) is 59.2 Å². The van der Waals surface area contributed by atoms with Gasteiger partial charge in [0, 0.05) is 21.5 Å². The van der Waals surface area contributed by atoms with E-state index in [0.29, 0.717) is 27.5 Å². The molecule has 1 aliphatic heterocycles. The molecule has 0 saturated heterocycles. The van der Waals surface area contributed by atoms with Crippen molar-refractivity contribution in [2.75, 3.05) is 0 Å². The predicted octanol–water partition coefficient (Wildman–Crippen LogP) is 6.69. The van der Waals surface area contributed by atoms with Gasteiger partial charge in [-0.15, -0.1) is 0 Å². The van der Waals surface area contributed by atoms with Crippen molar-refractivity contribution in [3.05, 3.63) is 110 Å². The molecule has 0 radical (unpaired) electrons. The zero-order valence-electron chi connectivity index (χ0n) is 21.4. The number of benzene rings is 3. The first-order valence-corrected chi connectivity index (χ1v) is 13.3. The molecule has 0 bridgehead atoms. The van der Waals surface area contributed by atoms with Gasteiger partial charge in [0.1, 0.15) is 11.7 Å². The van der Waals surface area contributed by atoms with Crippen molar-refractivity contribution in [2.24, 2.45) is 10.9 Å². The van der Waals surface area contributed by atoms with Crippen molar-refractivity contribution in [1.29, 1.82) is 0 Å². The molecule has 0 saturated carbocycles. The second-order valence-electron chi connectivity index (χ2n) is 10.6. The molecule has 5 nitrogen and oxygen atoms in total. The molecule has 0 spiro atoms. The number of nitrogens with zero attached hydrogens (tertiary/aromatic N) is 3. The minimum absolute atomic E-state index is 0.0750. The first-order valence-electron chi connectivity index (χ1n) is 12.5. The summed E-state index contributed by atoms with van der Waals surface area (Å²) >= 11 is 12.6. The van der Waals surface area contributed by atoms with E-state index in [0.717, 1.165) is 22.8 Å². The van der Waals surface area contributed by atoms with Crippen LogP contribution >= 0.6 is 23.2 Å². The lowest BCUT2D eigenvalue weighted by molar-refractivity contribution is 0.291. The number of hydrogen-bond acceptors (Lipinski definition) is 4. The summed E-state index contributed by atoms with van der Waals surface area (Å²) in [6.45, 7) is 9.04. The van der Waals surface area contributed by atoms with Crippen molar-refractivity contribution in [1.82, 2.24) is 14.9 Å². The van der Waals surface area contributed by atoms with Crippen LogP contribution in [0.3, 0.4) is 0 Å². The van der Waals surface area contributed by atoms with Crippen LogP contribution in [-0.2, 0) is 6.54 Å². The van der Waals surface area contributed by atoms with Crippen LogP contribution in [0.1, 0.15) is 50.6 Å². The van der Waals surface area contributed by atoms with E-state index in [-0.39, 0.29) is 29.0 Å². The van der Waals surface area contributed by atoms with Crippen molar-refractivity contribution < 1.29 is 0 Å². The van der Waals surface area contributed by atoms with Gasteiger partial charge in [0.15, 0.2) is 0 Å². The molecule has 2 atom stereocenters. The fourth-order valence-electron chi connectivity index (χ4n) is 5.21. The van der Waals surface area contributed by atoms with E-state index in [1.54, 1.807) is 18.2 Å². The second-order valence-corrected chi connectivity index (χ2v) is 11.4. The molecule has 37 heavy (non-hydrogen) atoms. The summed E-state index contributed by atoms with van der Waals surface area (Å²) in [6, 6.07) is 22.8. The fraction of sp³-hybridized carbons (Fsp3) is 0.300. The molecule has 1 aliphatic rings. The molecule has 1 N–H and O–H groups in total. The smallest absolute Gasteiger partial charge is 0.261 e. The normalized spacial score (nSPS) is 17.6. The van der Waals surface area contributed by atoms with Crippen molar-refractivity contribution >= 4 is 39.9 Å². The van der Waals surface area contributed by atoms with Gasteiger partial charge in [-0.05, 0) is 55.7 Å². The predicted molar refractivity (Wildman–Crippen MR) is 153 cm³/mol. The summed E-state index contributed by atoms with van der Waals surface area (Å²) in [5.41, 5.74) is 2.12. The summed E-state index contributed by atoms with van der Waals surface area (Å²) in [4.78, 5) is 24.2. The summed E-state index contributed by atoms with van der Waals surface area (Å²) in [5, 5.41) is 5.38. The zero-order valence-corrected chi connectivity index (χ0v) is 22.9. The van der Waals surface area contributed by atoms with Gasteiger partial charge in [-0.25, -0.2) is 4.98 Å². The molecule has 0 amide bonds. The number of halogens is 2. The largest absolute Gasteiger partial charge is 0.363 e. The number of amidine groups is 1. The van der Waals surface area contributed by atoms with Crippen LogP contribution in [0.5, 0.6) is 0 Å². The minimum atomic E-state index is -0.384. The third-order valence-corrected chi connectivity index (χ3v) is 7.50. The lowest BCUT2D eigenvalue weighted by Gasteiger charge is -2.35. The molecule has 7 heteroatoms. The maximum atomic E-state index is 13.9. The Kier molecular flexibility index (Phi) is 6.86. The monoisotopic (exact) mass is 532 g/mol. The van der Waals surface area contributed by atoms with Crippen molar-refractivity contribution in [2.45, 2.75) is 51.7 Å². The number of aromatic nitrogens is 2. The van der Waals surface area contributed by atoms with Gasteiger partial charge in [-0.3, -0.25) is 14.4 Å². The number of nitrogens with one attached hydrogen (secondary N) is 1. The van der Waals surface area contributed by atoms with Crippen LogP contribution in [-0.4, -0.2) is 27.0 Å². The fourth-order valence-corrected chi connectivity index (χ4v) is 5.57. The highest BCUT2D eigenvalue weighted by atomic mass is 35.5. The van der Waals surface area contributed by atoms with E-state index >= 15 is 0 Å². The van der Waals surface area contributed by atoms with E-state index in [1.165, 1.54) is 0 Å². The van der Waals surface area contributed by atoms with Gasteiger partial charge >= 0.3 is 0 Å². The average molecular weight is 534 g/mol. The van der Waals surface area contributed by atoms with E-state index in [2.05, 4.69) is 33.0 Å². The molecule has 3 aromatic carbocycles. The molecule has 1 aromatic heterocycles.